The van der Waals surface area contributed by atoms with Crippen LogP contribution >= 0.6 is 0 Å². The number of pyridine rings is 1. The van der Waals surface area contributed by atoms with Gasteiger partial charge in [-0.2, -0.15) is 13.2 Å². The maximum Gasteiger partial charge on any atom is 0.573 e. The minimum atomic E-state index is -4.92. The number of benzene rings is 2. The lowest BCUT2D eigenvalue weighted by molar-refractivity contribution is -0.274. The van der Waals surface area contributed by atoms with Gasteiger partial charge >= 0.3 is 12.5 Å². The quantitative estimate of drug-likeness (QED) is 0.449. The Bertz CT molecular complexity index is 1100. The van der Waals surface area contributed by atoms with Crippen LogP contribution in [0.15, 0.2) is 66.9 Å². The third-order valence-electron chi connectivity index (χ3n) is 4.51. The van der Waals surface area contributed by atoms with Crippen LogP contribution in [0.2, 0.25) is 0 Å². The monoisotopic (exact) mass is 472 g/mol. The van der Waals surface area contributed by atoms with E-state index in [1.165, 1.54) is 24.3 Å². The summed E-state index contributed by atoms with van der Waals surface area (Å²) in [5.41, 5.74) is -1.23. The topological polar surface area (TPSA) is 51.2 Å². The molecule has 0 aliphatic rings. The molecule has 0 saturated carbocycles. The number of hydrogen-bond donors (Lipinski definition) is 1. The van der Waals surface area contributed by atoms with Crippen molar-refractivity contribution >= 4 is 5.91 Å². The molecule has 4 nitrogen and oxygen atoms in total. The third-order valence-corrected chi connectivity index (χ3v) is 4.51. The lowest BCUT2D eigenvalue weighted by Gasteiger charge is -2.22. The second kappa shape index (κ2) is 9.47. The number of carbonyl (C=O) groups is 1. The summed E-state index contributed by atoms with van der Waals surface area (Å²) in [6, 6.07) is 9.80. The molecule has 1 N–H and O–H groups in total. The van der Waals surface area contributed by atoms with Crippen LogP contribution in [0.5, 0.6) is 5.75 Å². The summed E-state index contributed by atoms with van der Waals surface area (Å²) >= 11 is 0. The highest BCUT2D eigenvalue weighted by Gasteiger charge is 2.37. The summed E-state index contributed by atoms with van der Waals surface area (Å²) in [6.07, 6.45) is -8.57. The number of hydrogen-bond acceptors (Lipinski definition) is 3. The fraction of sp³-hybridized carbons (Fsp3) is 0.182. The highest BCUT2D eigenvalue weighted by molar-refractivity contribution is 5.94. The smallest absolute Gasteiger partial charge is 0.406 e. The zero-order valence-electron chi connectivity index (χ0n) is 16.5. The molecule has 0 unspecified atom stereocenters. The van der Waals surface area contributed by atoms with Gasteiger partial charge in [0.2, 0.25) is 0 Å². The number of halogens is 7. The van der Waals surface area contributed by atoms with Gasteiger partial charge in [-0.05, 0) is 47.5 Å². The molecule has 1 aromatic heterocycles. The number of nitrogens with one attached hydrogen (secondary N) is 1. The van der Waals surface area contributed by atoms with E-state index >= 15 is 0 Å². The number of alkyl halides is 7. The molecule has 3 rings (SSSR count). The van der Waals surface area contributed by atoms with E-state index < -0.39 is 48.2 Å². The zero-order valence-corrected chi connectivity index (χ0v) is 16.5. The Morgan fingerprint density at radius 3 is 2.12 bits per heavy atom. The first-order chi connectivity index (χ1) is 15.5. The van der Waals surface area contributed by atoms with Gasteiger partial charge in [-0.1, -0.05) is 24.3 Å². The SMILES string of the molecule is O=C(N[C@@H](c1ccc(CF)cc1)c1ncccc1C(F)(F)F)c1ccc(OC(F)(F)F)cc1. The zero-order chi connectivity index (χ0) is 24.2. The van der Waals surface area contributed by atoms with Gasteiger partial charge in [0, 0.05) is 11.8 Å². The molecule has 1 amide bonds. The summed E-state index contributed by atoms with van der Waals surface area (Å²) in [7, 11) is 0. The van der Waals surface area contributed by atoms with E-state index in [9.17, 15) is 35.5 Å². The van der Waals surface area contributed by atoms with Crippen LogP contribution in [0.25, 0.3) is 0 Å². The molecule has 174 valence electrons. The largest absolute Gasteiger partial charge is 0.573 e. The summed E-state index contributed by atoms with van der Waals surface area (Å²) in [6.45, 7) is -0.791. The molecule has 11 heteroatoms. The normalized spacial score (nSPS) is 12.8. The average molecular weight is 472 g/mol. The molecule has 3 aromatic rings. The predicted octanol–water partition coefficient (Wildman–Crippen LogP) is 5.99. The maximum absolute atomic E-state index is 13.6. The summed E-state index contributed by atoms with van der Waals surface area (Å²) < 4.78 is 94.3. The molecule has 1 heterocycles. The number of ether oxygens (including phenoxy) is 1. The van der Waals surface area contributed by atoms with E-state index in [0.29, 0.717) is 0 Å². The Kier molecular flexibility index (Phi) is 6.89. The van der Waals surface area contributed by atoms with Crippen molar-refractivity contribution in [2.75, 3.05) is 0 Å². The molecule has 0 spiro atoms. The minimum Gasteiger partial charge on any atom is -0.406 e. The molecule has 1 atom stereocenters. The standard InChI is InChI=1S/C22H15F7N2O2/c23-12-13-3-5-14(6-4-13)18(19-17(21(24,25)26)2-1-11-30-19)31-20(32)15-7-9-16(10-8-15)33-22(27,28)29/h1-11,18H,12H2,(H,31,32)/t18-/m0/s1. The number of carbonyl (C=O) groups excluding carboxylic acids is 1. The van der Waals surface area contributed by atoms with Gasteiger partial charge in [0.15, 0.2) is 0 Å². The molecule has 0 radical (unpaired) electrons. The van der Waals surface area contributed by atoms with Crippen LogP contribution in [-0.2, 0) is 12.9 Å². The fourth-order valence-electron chi connectivity index (χ4n) is 3.02. The molecule has 0 aliphatic carbocycles. The summed E-state index contributed by atoms with van der Waals surface area (Å²) in [4.78, 5) is 16.6. The van der Waals surface area contributed by atoms with Crippen molar-refractivity contribution in [2.24, 2.45) is 0 Å². The average Bonchev–Trinajstić information content (AvgIpc) is 2.76. The van der Waals surface area contributed by atoms with Gasteiger partial charge in [0.1, 0.15) is 12.4 Å². The molecule has 33 heavy (non-hydrogen) atoms. The van der Waals surface area contributed by atoms with E-state index in [0.717, 1.165) is 42.6 Å². The molecule has 0 aliphatic heterocycles. The van der Waals surface area contributed by atoms with E-state index in [-0.39, 0.29) is 16.7 Å². The lowest BCUT2D eigenvalue weighted by atomic mass is 9.97. The Morgan fingerprint density at radius 1 is 0.939 bits per heavy atom. The van der Waals surface area contributed by atoms with Crippen LogP contribution in [0.1, 0.15) is 38.8 Å². The van der Waals surface area contributed by atoms with Crippen molar-refractivity contribution in [3.8, 4) is 5.75 Å². The van der Waals surface area contributed by atoms with Gasteiger partial charge in [-0.3, -0.25) is 9.78 Å². The van der Waals surface area contributed by atoms with Crippen LogP contribution in [0.4, 0.5) is 30.7 Å². The second-order valence-corrected chi connectivity index (χ2v) is 6.79. The van der Waals surface area contributed by atoms with Gasteiger partial charge in [0.25, 0.3) is 5.91 Å². The van der Waals surface area contributed by atoms with E-state index in [1.54, 1.807) is 0 Å². The van der Waals surface area contributed by atoms with Crippen LogP contribution in [0.3, 0.4) is 0 Å². The summed E-state index contributed by atoms with van der Waals surface area (Å²) in [5.74, 6) is -1.44. The number of rotatable bonds is 6. The first-order valence-electron chi connectivity index (χ1n) is 9.31. The van der Waals surface area contributed by atoms with Crippen molar-refractivity contribution in [3.05, 3.63) is 94.8 Å². The molecule has 0 bridgehead atoms. The Labute approximate surface area is 183 Å². The van der Waals surface area contributed by atoms with Gasteiger partial charge < -0.3 is 10.1 Å². The number of aromatic nitrogens is 1. The Balaban J connectivity index is 1.96. The Hall–Kier alpha value is -3.63. The molecular formula is C22H15F7N2O2. The first kappa shape index (κ1) is 24.0. The maximum atomic E-state index is 13.6. The van der Waals surface area contributed by atoms with E-state index in [1.807, 2.05) is 0 Å². The number of amides is 1. The lowest BCUT2D eigenvalue weighted by Crippen LogP contribution is -2.31. The molecule has 0 saturated heterocycles. The number of nitrogens with zero attached hydrogens (tertiary/aromatic N) is 1. The van der Waals surface area contributed by atoms with Crippen LogP contribution in [0, 0.1) is 0 Å². The summed E-state index contributed by atoms with van der Waals surface area (Å²) in [5, 5.41) is 2.43. The molecular weight excluding hydrogens is 457 g/mol. The van der Waals surface area contributed by atoms with Gasteiger partial charge in [-0.25, -0.2) is 4.39 Å². The molecule has 2 aromatic carbocycles. The van der Waals surface area contributed by atoms with Crippen molar-refractivity contribution in [1.82, 2.24) is 10.3 Å². The second-order valence-electron chi connectivity index (χ2n) is 6.79. The predicted molar refractivity (Wildman–Crippen MR) is 103 cm³/mol. The minimum absolute atomic E-state index is 0.126. The van der Waals surface area contributed by atoms with Crippen molar-refractivity contribution in [2.45, 2.75) is 25.3 Å². The van der Waals surface area contributed by atoms with Crippen LogP contribution in [-0.4, -0.2) is 17.3 Å². The van der Waals surface area contributed by atoms with E-state index in [4.69, 9.17) is 0 Å². The highest BCUT2D eigenvalue weighted by Crippen LogP contribution is 2.35. The first-order valence-corrected chi connectivity index (χ1v) is 9.31. The molecule has 0 fully saturated rings. The third kappa shape index (κ3) is 6.21. The van der Waals surface area contributed by atoms with Crippen molar-refractivity contribution < 1.29 is 40.3 Å². The Morgan fingerprint density at radius 2 is 1.58 bits per heavy atom. The van der Waals surface area contributed by atoms with Crippen molar-refractivity contribution in [3.63, 3.8) is 0 Å². The highest BCUT2D eigenvalue weighted by atomic mass is 19.4. The van der Waals surface area contributed by atoms with Crippen molar-refractivity contribution in [1.29, 1.82) is 0 Å². The van der Waals surface area contributed by atoms with Gasteiger partial charge in [0.05, 0.1) is 17.3 Å². The van der Waals surface area contributed by atoms with E-state index in [2.05, 4.69) is 15.0 Å². The van der Waals surface area contributed by atoms with Crippen LogP contribution < -0.4 is 10.1 Å². The fourth-order valence-corrected chi connectivity index (χ4v) is 3.02. The van der Waals surface area contributed by atoms with Gasteiger partial charge in [-0.15, -0.1) is 13.2 Å².